The summed E-state index contributed by atoms with van der Waals surface area (Å²) in [6, 6.07) is 6.24. The molecule has 2 aliphatic carbocycles. The highest BCUT2D eigenvalue weighted by Gasteiger charge is 2.65. The molecule has 3 aliphatic rings. The van der Waals surface area contributed by atoms with Gasteiger partial charge in [-0.1, -0.05) is 18.9 Å². The van der Waals surface area contributed by atoms with Crippen molar-refractivity contribution in [1.29, 1.82) is 0 Å². The Hall–Kier alpha value is -1.62. The van der Waals surface area contributed by atoms with E-state index < -0.39 is 0 Å². The van der Waals surface area contributed by atoms with Crippen LogP contribution in [0, 0.1) is 11.3 Å². The number of pyridine rings is 1. The third kappa shape index (κ3) is 2.79. The van der Waals surface area contributed by atoms with E-state index in [9.17, 15) is 4.79 Å². The molecule has 2 N–H and O–H groups in total. The van der Waals surface area contributed by atoms with E-state index in [-0.39, 0.29) is 11.4 Å². The second kappa shape index (κ2) is 6.71. The number of rotatable bonds is 5. The fourth-order valence-electron chi connectivity index (χ4n) is 5.11. The van der Waals surface area contributed by atoms with Crippen LogP contribution in [0.15, 0.2) is 24.4 Å². The molecule has 5 nitrogen and oxygen atoms in total. The molecule has 5 heteroatoms. The summed E-state index contributed by atoms with van der Waals surface area (Å²) in [7, 11) is 0. The Morgan fingerprint density at radius 3 is 3.00 bits per heavy atom. The van der Waals surface area contributed by atoms with Gasteiger partial charge in [0.1, 0.15) is 0 Å². The third-order valence-corrected chi connectivity index (χ3v) is 6.19. The fraction of sp³-hybridized carbons (Fsp3) is 0.684. The molecule has 2 amide bonds. The number of hydrogen-bond donors (Lipinski definition) is 2. The van der Waals surface area contributed by atoms with Crippen molar-refractivity contribution in [2.24, 2.45) is 11.3 Å². The first-order chi connectivity index (χ1) is 11.8. The number of carbonyl (C=O) groups is 1. The number of nitrogens with zero attached hydrogens (tertiary/aromatic N) is 1. The Bertz CT molecular complexity index is 571. The zero-order valence-electron chi connectivity index (χ0n) is 14.2. The molecule has 1 aliphatic heterocycles. The summed E-state index contributed by atoms with van der Waals surface area (Å²) < 4.78 is 5.97. The average molecular weight is 329 g/mol. The van der Waals surface area contributed by atoms with E-state index in [1.165, 1.54) is 25.7 Å². The van der Waals surface area contributed by atoms with Gasteiger partial charge in [-0.2, -0.15) is 0 Å². The Kier molecular flexibility index (Phi) is 4.44. The number of fused-ring (bicyclic) bond motifs is 2. The molecular weight excluding hydrogens is 302 g/mol. The van der Waals surface area contributed by atoms with Crippen LogP contribution < -0.4 is 10.6 Å². The molecule has 3 atom stereocenters. The van der Waals surface area contributed by atoms with Gasteiger partial charge in [0.2, 0.25) is 0 Å². The molecule has 2 heterocycles. The third-order valence-electron chi connectivity index (χ3n) is 6.19. The number of hydrogen-bond acceptors (Lipinski definition) is 3. The van der Waals surface area contributed by atoms with Crippen LogP contribution in [0.1, 0.15) is 44.2 Å². The number of amides is 2. The van der Waals surface area contributed by atoms with Gasteiger partial charge in [0.25, 0.3) is 0 Å². The summed E-state index contributed by atoms with van der Waals surface area (Å²) in [4.78, 5) is 16.6. The average Bonchev–Trinajstić information content (AvgIpc) is 3.26. The van der Waals surface area contributed by atoms with Gasteiger partial charge >= 0.3 is 6.03 Å². The van der Waals surface area contributed by atoms with Crippen molar-refractivity contribution >= 4 is 6.03 Å². The van der Waals surface area contributed by atoms with Gasteiger partial charge in [-0.05, 0) is 44.2 Å². The Morgan fingerprint density at radius 1 is 1.33 bits per heavy atom. The van der Waals surface area contributed by atoms with E-state index in [0.717, 1.165) is 31.6 Å². The number of urea groups is 1. The first-order valence-corrected chi connectivity index (χ1v) is 9.35. The lowest BCUT2D eigenvalue weighted by atomic mass is 9.54. The molecule has 1 saturated heterocycles. The molecule has 2 saturated carbocycles. The van der Waals surface area contributed by atoms with Crippen LogP contribution in [-0.2, 0) is 11.2 Å². The minimum absolute atomic E-state index is 0.0161. The minimum Gasteiger partial charge on any atom is -0.377 e. The second-order valence-electron chi connectivity index (χ2n) is 7.49. The standard InChI is InChI=1S/C19H27N3O2/c23-18(21-12-5-7-14-6-1-4-11-20-14)22-16-15-8-13-24-17(15)19(16)9-2-3-10-19/h1,4,6,11,15-17H,2-3,5,7-10,12-13H2,(H2,21,22,23)/t15-,16-,17-/m0/s1. The molecular formula is C19H27N3O2. The van der Waals surface area contributed by atoms with Gasteiger partial charge < -0.3 is 15.4 Å². The van der Waals surface area contributed by atoms with Gasteiger partial charge in [0.15, 0.2) is 0 Å². The molecule has 3 fully saturated rings. The highest BCUT2D eigenvalue weighted by Crippen LogP contribution is 2.60. The van der Waals surface area contributed by atoms with Crippen LogP contribution in [0.4, 0.5) is 4.79 Å². The number of ether oxygens (including phenoxy) is 1. The predicted molar refractivity (Wildman–Crippen MR) is 91.6 cm³/mol. The van der Waals surface area contributed by atoms with Gasteiger partial charge in [-0.3, -0.25) is 4.98 Å². The van der Waals surface area contributed by atoms with Crippen LogP contribution in [0.3, 0.4) is 0 Å². The molecule has 0 radical (unpaired) electrons. The van der Waals surface area contributed by atoms with Gasteiger partial charge in [-0.25, -0.2) is 4.79 Å². The quantitative estimate of drug-likeness (QED) is 0.816. The van der Waals surface area contributed by atoms with Crippen LogP contribution in [0.2, 0.25) is 0 Å². The van der Waals surface area contributed by atoms with E-state index in [0.29, 0.717) is 24.6 Å². The van der Waals surface area contributed by atoms with Crippen molar-refractivity contribution in [3.8, 4) is 0 Å². The Balaban J connectivity index is 1.24. The van der Waals surface area contributed by atoms with E-state index >= 15 is 0 Å². The van der Waals surface area contributed by atoms with Crippen molar-refractivity contribution in [2.75, 3.05) is 13.2 Å². The fourth-order valence-corrected chi connectivity index (χ4v) is 5.11. The zero-order chi connectivity index (χ0) is 16.4. The van der Waals surface area contributed by atoms with Crippen LogP contribution >= 0.6 is 0 Å². The SMILES string of the molecule is O=C(NCCCc1ccccn1)N[C@H]1[C@@H]2CCO[C@@H]2C12CCCC2. The summed E-state index contributed by atoms with van der Waals surface area (Å²) in [5, 5.41) is 6.29. The first kappa shape index (κ1) is 15.9. The zero-order valence-corrected chi connectivity index (χ0v) is 14.2. The largest absolute Gasteiger partial charge is 0.377 e. The summed E-state index contributed by atoms with van der Waals surface area (Å²) in [5.74, 6) is 0.530. The molecule has 4 rings (SSSR count). The summed E-state index contributed by atoms with van der Waals surface area (Å²) >= 11 is 0. The molecule has 1 aromatic rings. The van der Waals surface area contributed by atoms with Crippen molar-refractivity contribution < 1.29 is 9.53 Å². The lowest BCUT2D eigenvalue weighted by Gasteiger charge is -2.56. The van der Waals surface area contributed by atoms with E-state index in [2.05, 4.69) is 15.6 Å². The van der Waals surface area contributed by atoms with Crippen LogP contribution in [-0.4, -0.2) is 36.3 Å². The van der Waals surface area contributed by atoms with Gasteiger partial charge in [-0.15, -0.1) is 0 Å². The molecule has 0 aromatic carbocycles. The maximum Gasteiger partial charge on any atom is 0.315 e. The smallest absolute Gasteiger partial charge is 0.315 e. The molecule has 24 heavy (non-hydrogen) atoms. The summed E-state index contributed by atoms with van der Waals surface area (Å²) in [5.41, 5.74) is 1.31. The Morgan fingerprint density at radius 2 is 2.21 bits per heavy atom. The van der Waals surface area contributed by atoms with E-state index in [1.807, 2.05) is 24.4 Å². The highest BCUT2D eigenvalue weighted by molar-refractivity contribution is 5.74. The molecule has 1 spiro atoms. The topological polar surface area (TPSA) is 63.2 Å². The number of nitrogens with one attached hydrogen (secondary N) is 2. The van der Waals surface area contributed by atoms with Gasteiger partial charge in [0.05, 0.1) is 6.10 Å². The highest BCUT2D eigenvalue weighted by atomic mass is 16.5. The molecule has 0 bridgehead atoms. The van der Waals surface area contributed by atoms with Crippen molar-refractivity contribution in [2.45, 2.75) is 57.1 Å². The maximum absolute atomic E-state index is 12.3. The lowest BCUT2D eigenvalue weighted by molar-refractivity contribution is -0.126. The van der Waals surface area contributed by atoms with E-state index in [1.54, 1.807) is 0 Å². The normalized spacial score (nSPS) is 29.9. The van der Waals surface area contributed by atoms with Crippen molar-refractivity contribution in [1.82, 2.24) is 15.6 Å². The van der Waals surface area contributed by atoms with Crippen molar-refractivity contribution in [3.05, 3.63) is 30.1 Å². The number of carbonyl (C=O) groups excluding carboxylic acids is 1. The predicted octanol–water partition coefficient (Wildman–Crippen LogP) is 2.66. The second-order valence-corrected chi connectivity index (χ2v) is 7.49. The Labute approximate surface area is 143 Å². The monoisotopic (exact) mass is 329 g/mol. The minimum atomic E-state index is -0.0161. The van der Waals surface area contributed by atoms with E-state index in [4.69, 9.17) is 4.74 Å². The molecule has 130 valence electrons. The first-order valence-electron chi connectivity index (χ1n) is 9.35. The number of aryl methyl sites for hydroxylation is 1. The van der Waals surface area contributed by atoms with Crippen LogP contribution in [0.5, 0.6) is 0 Å². The molecule has 1 aromatic heterocycles. The summed E-state index contributed by atoms with van der Waals surface area (Å²) in [6.45, 7) is 1.55. The lowest BCUT2D eigenvalue weighted by Crippen LogP contribution is -2.69. The maximum atomic E-state index is 12.3. The van der Waals surface area contributed by atoms with Gasteiger partial charge in [0, 0.05) is 42.4 Å². The summed E-state index contributed by atoms with van der Waals surface area (Å²) in [6.07, 6.45) is 10.1. The van der Waals surface area contributed by atoms with Crippen LogP contribution in [0.25, 0.3) is 0 Å². The van der Waals surface area contributed by atoms with Crippen molar-refractivity contribution in [3.63, 3.8) is 0 Å². The number of aromatic nitrogens is 1. The molecule has 0 unspecified atom stereocenters.